The van der Waals surface area contributed by atoms with Gasteiger partial charge in [-0.1, -0.05) is 6.92 Å². The molecule has 0 aliphatic carbocycles. The predicted molar refractivity (Wildman–Crippen MR) is 82.5 cm³/mol. The van der Waals surface area contributed by atoms with Crippen LogP contribution in [0.4, 0.5) is 11.9 Å². The molecule has 0 saturated carbocycles. The van der Waals surface area contributed by atoms with Gasteiger partial charge in [-0.2, -0.15) is 15.0 Å². The van der Waals surface area contributed by atoms with Gasteiger partial charge in [0.2, 0.25) is 17.2 Å². The minimum atomic E-state index is 0.253. The molecule has 1 aromatic heterocycles. The van der Waals surface area contributed by atoms with Crippen molar-refractivity contribution in [3.8, 4) is 0 Å². The van der Waals surface area contributed by atoms with Gasteiger partial charge in [0, 0.05) is 25.7 Å². The van der Waals surface area contributed by atoms with E-state index in [1.165, 1.54) is 0 Å². The normalized spacial score (nSPS) is 16.8. The molecule has 1 fully saturated rings. The number of rotatable bonds is 5. The Labute approximate surface area is 125 Å². The summed E-state index contributed by atoms with van der Waals surface area (Å²) in [7, 11) is 4.26. The average Bonchev–Trinajstić information content (AvgIpc) is 2.44. The van der Waals surface area contributed by atoms with Gasteiger partial charge in [0.25, 0.3) is 0 Å². The maximum atomic E-state index is 5.99. The second-order valence-electron chi connectivity index (χ2n) is 5.34. The van der Waals surface area contributed by atoms with E-state index in [2.05, 4.69) is 51.1 Å². The van der Waals surface area contributed by atoms with E-state index in [-0.39, 0.29) is 5.28 Å². The Morgan fingerprint density at radius 3 is 2.55 bits per heavy atom. The summed E-state index contributed by atoms with van der Waals surface area (Å²) in [6.07, 6.45) is 3.26. The zero-order valence-corrected chi connectivity index (χ0v) is 13.2. The van der Waals surface area contributed by atoms with E-state index >= 15 is 0 Å². The van der Waals surface area contributed by atoms with Crippen molar-refractivity contribution in [1.29, 1.82) is 0 Å². The molecule has 6 nitrogen and oxygen atoms in total. The molecule has 2 heterocycles. The quantitative estimate of drug-likeness (QED) is 0.896. The van der Waals surface area contributed by atoms with E-state index in [4.69, 9.17) is 11.6 Å². The predicted octanol–water partition coefficient (Wildman–Crippen LogP) is 1.88. The lowest BCUT2D eigenvalue weighted by molar-refractivity contribution is 0.249. The fraction of sp³-hybridized carbons (Fsp3) is 0.769. The van der Waals surface area contributed by atoms with E-state index in [1.54, 1.807) is 0 Å². The van der Waals surface area contributed by atoms with Crippen molar-refractivity contribution in [3.63, 3.8) is 0 Å². The van der Waals surface area contributed by atoms with Crippen LogP contribution in [-0.2, 0) is 0 Å². The molecule has 1 aromatic rings. The highest BCUT2D eigenvalue weighted by Gasteiger charge is 2.22. The van der Waals surface area contributed by atoms with Crippen LogP contribution in [0.5, 0.6) is 0 Å². The summed E-state index contributed by atoms with van der Waals surface area (Å²) < 4.78 is 0. The highest BCUT2D eigenvalue weighted by molar-refractivity contribution is 6.28. The summed E-state index contributed by atoms with van der Waals surface area (Å²) >= 11 is 5.99. The minimum absolute atomic E-state index is 0.253. The molecule has 0 radical (unpaired) electrons. The first-order chi connectivity index (χ1) is 9.60. The fourth-order valence-corrected chi connectivity index (χ4v) is 2.53. The van der Waals surface area contributed by atoms with Crippen LogP contribution >= 0.6 is 11.6 Å². The monoisotopic (exact) mass is 298 g/mol. The number of hydrogen-bond acceptors (Lipinski definition) is 6. The van der Waals surface area contributed by atoms with E-state index in [0.29, 0.717) is 17.9 Å². The van der Waals surface area contributed by atoms with Crippen LogP contribution in [0.15, 0.2) is 0 Å². The number of nitrogens with one attached hydrogen (secondary N) is 1. The molecule has 0 atom stereocenters. The molecule has 2 rings (SSSR count). The molecule has 20 heavy (non-hydrogen) atoms. The number of nitrogens with zero attached hydrogens (tertiary/aromatic N) is 5. The lowest BCUT2D eigenvalue weighted by atomic mass is 10.0. The number of piperidine rings is 1. The molecule has 1 aliphatic rings. The Bertz CT molecular complexity index is 431. The smallest absolute Gasteiger partial charge is 0.231 e. The Morgan fingerprint density at radius 1 is 1.25 bits per heavy atom. The molecule has 112 valence electrons. The highest BCUT2D eigenvalue weighted by Crippen LogP contribution is 2.20. The topological polar surface area (TPSA) is 57.2 Å². The van der Waals surface area contributed by atoms with Crippen molar-refractivity contribution in [2.75, 3.05) is 43.9 Å². The van der Waals surface area contributed by atoms with Crippen molar-refractivity contribution in [2.24, 2.45) is 0 Å². The van der Waals surface area contributed by atoms with Crippen LogP contribution in [-0.4, -0.2) is 59.6 Å². The van der Waals surface area contributed by atoms with Gasteiger partial charge in [-0.25, -0.2) is 0 Å². The Morgan fingerprint density at radius 2 is 1.95 bits per heavy atom. The molecule has 0 aromatic carbocycles. The zero-order chi connectivity index (χ0) is 14.5. The number of halogens is 1. The number of aromatic nitrogens is 3. The van der Waals surface area contributed by atoms with Crippen molar-refractivity contribution < 1.29 is 0 Å². The standard InChI is InChI=1S/C13H23ClN6/c1-4-7-15-12-16-11(14)17-13(18-12)20-8-5-10(6-9-20)19(2)3/h10H,4-9H2,1-3H3,(H,15,16,17,18). The summed E-state index contributed by atoms with van der Waals surface area (Å²) in [6, 6.07) is 0.640. The van der Waals surface area contributed by atoms with Crippen molar-refractivity contribution >= 4 is 23.5 Å². The van der Waals surface area contributed by atoms with Gasteiger partial charge < -0.3 is 15.1 Å². The van der Waals surface area contributed by atoms with Crippen LogP contribution in [0.1, 0.15) is 26.2 Å². The third-order valence-corrected chi connectivity index (χ3v) is 3.78. The van der Waals surface area contributed by atoms with E-state index in [1.807, 2.05) is 0 Å². The maximum absolute atomic E-state index is 5.99. The second kappa shape index (κ2) is 7.04. The third kappa shape index (κ3) is 3.93. The van der Waals surface area contributed by atoms with Crippen molar-refractivity contribution in [2.45, 2.75) is 32.2 Å². The Kier molecular flexibility index (Phi) is 5.37. The molecule has 1 N–H and O–H groups in total. The van der Waals surface area contributed by atoms with Gasteiger partial charge in [0.1, 0.15) is 0 Å². The van der Waals surface area contributed by atoms with Crippen LogP contribution in [0.2, 0.25) is 5.28 Å². The summed E-state index contributed by atoms with van der Waals surface area (Å²) in [5.74, 6) is 1.25. The first-order valence-electron chi connectivity index (χ1n) is 7.17. The largest absolute Gasteiger partial charge is 0.354 e. The van der Waals surface area contributed by atoms with Crippen LogP contribution in [0.3, 0.4) is 0 Å². The van der Waals surface area contributed by atoms with E-state index < -0.39 is 0 Å². The summed E-state index contributed by atoms with van der Waals surface area (Å²) in [5.41, 5.74) is 0. The molecular formula is C13H23ClN6. The summed E-state index contributed by atoms with van der Waals surface area (Å²) in [5, 5.41) is 3.41. The first kappa shape index (κ1) is 15.3. The maximum Gasteiger partial charge on any atom is 0.231 e. The van der Waals surface area contributed by atoms with E-state index in [9.17, 15) is 0 Å². The van der Waals surface area contributed by atoms with Gasteiger partial charge in [0.05, 0.1) is 0 Å². The van der Waals surface area contributed by atoms with Gasteiger partial charge in [0.15, 0.2) is 0 Å². The molecular weight excluding hydrogens is 276 g/mol. The zero-order valence-electron chi connectivity index (χ0n) is 12.4. The summed E-state index contributed by atoms with van der Waals surface area (Å²) in [6.45, 7) is 4.85. The highest BCUT2D eigenvalue weighted by atomic mass is 35.5. The molecule has 0 spiro atoms. The average molecular weight is 299 g/mol. The van der Waals surface area contributed by atoms with Crippen molar-refractivity contribution in [3.05, 3.63) is 5.28 Å². The molecule has 1 saturated heterocycles. The molecule has 7 heteroatoms. The third-order valence-electron chi connectivity index (χ3n) is 3.61. The van der Waals surface area contributed by atoms with Crippen LogP contribution < -0.4 is 10.2 Å². The minimum Gasteiger partial charge on any atom is -0.354 e. The first-order valence-corrected chi connectivity index (χ1v) is 7.54. The molecule has 1 aliphatic heterocycles. The lowest BCUT2D eigenvalue weighted by Gasteiger charge is -2.35. The molecule has 0 unspecified atom stereocenters. The fourth-order valence-electron chi connectivity index (χ4n) is 2.38. The van der Waals surface area contributed by atoms with Crippen molar-refractivity contribution in [1.82, 2.24) is 19.9 Å². The Hall–Kier alpha value is -1.14. The molecule has 0 amide bonds. The van der Waals surface area contributed by atoms with Gasteiger partial charge >= 0.3 is 0 Å². The van der Waals surface area contributed by atoms with E-state index in [0.717, 1.165) is 38.9 Å². The second-order valence-corrected chi connectivity index (χ2v) is 5.67. The van der Waals surface area contributed by atoms with Crippen LogP contribution in [0, 0.1) is 0 Å². The SMILES string of the molecule is CCCNc1nc(Cl)nc(N2CCC(N(C)C)CC2)n1. The lowest BCUT2D eigenvalue weighted by Crippen LogP contribution is -2.42. The van der Waals surface area contributed by atoms with Gasteiger partial charge in [-0.05, 0) is 45.0 Å². The molecule has 0 bridgehead atoms. The Balaban J connectivity index is 2.03. The summed E-state index contributed by atoms with van der Waals surface area (Å²) in [4.78, 5) is 17.3. The number of hydrogen-bond donors (Lipinski definition) is 1. The van der Waals surface area contributed by atoms with Crippen LogP contribution in [0.25, 0.3) is 0 Å². The number of anilines is 2. The van der Waals surface area contributed by atoms with Gasteiger partial charge in [-0.15, -0.1) is 0 Å². The van der Waals surface area contributed by atoms with Gasteiger partial charge in [-0.3, -0.25) is 0 Å².